The topological polar surface area (TPSA) is 51.2 Å². The Bertz CT molecular complexity index is 3840. The number of furan rings is 1. The monoisotopic (exact) mass is 794 g/mol. The molecule has 0 aliphatic rings. The number of phenols is 1. The van der Waals surface area contributed by atoms with Gasteiger partial charge >= 0.3 is 0 Å². The number of aromatic nitrogens is 2. The van der Waals surface area contributed by atoms with Gasteiger partial charge in [0.15, 0.2) is 0 Å². The zero-order valence-corrected chi connectivity index (χ0v) is 33.8. The van der Waals surface area contributed by atoms with Crippen LogP contribution in [0.5, 0.6) is 5.75 Å². The van der Waals surface area contributed by atoms with Gasteiger partial charge in [0.2, 0.25) is 0 Å². The lowest BCUT2D eigenvalue weighted by molar-refractivity contribution is 0.482. The Morgan fingerprint density at radius 3 is 1.87 bits per heavy atom. The molecule has 2 aromatic heterocycles. The van der Waals surface area contributed by atoms with Gasteiger partial charge in [-0.3, -0.25) is 4.57 Å². The summed E-state index contributed by atoms with van der Waals surface area (Å²) in [6.07, 6.45) is 0. The molecule has 1 N–H and O–H groups in total. The van der Waals surface area contributed by atoms with Crippen molar-refractivity contribution in [1.29, 1.82) is 0 Å². The van der Waals surface area contributed by atoms with Gasteiger partial charge in [0.05, 0.1) is 16.7 Å². The number of fused-ring (bicyclic) bond motifs is 7. The van der Waals surface area contributed by atoms with Crippen molar-refractivity contribution in [2.45, 2.75) is 0 Å². The van der Waals surface area contributed by atoms with Crippen LogP contribution in [0.4, 0.5) is 0 Å². The van der Waals surface area contributed by atoms with Crippen molar-refractivity contribution < 1.29 is 9.52 Å². The average molecular weight is 794 g/mol. The van der Waals surface area contributed by atoms with Crippen LogP contribution in [0.1, 0.15) is 0 Å². The molecule has 63 heavy (non-hydrogen) atoms. The largest absolute Gasteiger partial charge is 0.508 e. The number of hydrogen-bond acceptors (Lipinski definition) is 3. The molecule has 12 rings (SSSR count). The standard InChI is InChI=1S/C55H30B4N2O2/c56-50-47(54(62)53(59)52(58)51(50)57)33-27-28-37-40(29-33)48(39-17-10-22-45-49(39)38-16-5-8-21-44(38)63-45)36-15-4-3-14-35(36)46(37)31-23-25-32(26-24-31)55-60-41-18-6-7-19-43(41)61(55)42-20-9-12-30-11-1-2-13-34(30)42/h1-29,62H. The molecule has 284 valence electrons. The van der Waals surface area contributed by atoms with Crippen molar-refractivity contribution in [1.82, 2.24) is 9.55 Å². The second kappa shape index (κ2) is 14.2. The summed E-state index contributed by atoms with van der Waals surface area (Å²) >= 11 is 0. The molecule has 0 aliphatic carbocycles. The summed E-state index contributed by atoms with van der Waals surface area (Å²) in [5.74, 6) is 0.642. The quantitative estimate of drug-likeness (QED) is 0.140. The van der Waals surface area contributed by atoms with E-state index in [0.29, 0.717) is 11.1 Å². The molecule has 8 heteroatoms. The maximum Gasteiger partial charge on any atom is 0.145 e. The van der Waals surface area contributed by atoms with Gasteiger partial charge in [-0.25, -0.2) is 4.98 Å². The smallest absolute Gasteiger partial charge is 0.145 e. The van der Waals surface area contributed by atoms with Gasteiger partial charge in [-0.05, 0) is 91.1 Å². The van der Waals surface area contributed by atoms with E-state index in [1.807, 2.05) is 42.5 Å². The number of aromatic hydroxyl groups is 1. The molecule has 4 nitrogen and oxygen atoms in total. The van der Waals surface area contributed by atoms with Gasteiger partial charge in [0.25, 0.3) is 0 Å². The molecule has 0 unspecified atom stereocenters. The number of benzene rings is 10. The Kier molecular flexibility index (Phi) is 8.35. The van der Waals surface area contributed by atoms with Crippen LogP contribution in [0.25, 0.3) is 116 Å². The van der Waals surface area contributed by atoms with Gasteiger partial charge in [-0.15, -0.1) is 10.9 Å². The molecule has 0 spiro atoms. The molecule has 0 aliphatic heterocycles. The van der Waals surface area contributed by atoms with E-state index in [4.69, 9.17) is 40.8 Å². The first-order valence-corrected chi connectivity index (χ1v) is 20.8. The zero-order chi connectivity index (χ0) is 42.5. The molecule has 12 aromatic rings. The first-order valence-electron chi connectivity index (χ1n) is 20.8. The van der Waals surface area contributed by atoms with E-state index in [0.717, 1.165) is 105 Å². The second-order valence-corrected chi connectivity index (χ2v) is 16.0. The third-order valence-corrected chi connectivity index (χ3v) is 12.6. The van der Waals surface area contributed by atoms with Crippen LogP contribution in [0.15, 0.2) is 180 Å². The normalized spacial score (nSPS) is 11.8. The van der Waals surface area contributed by atoms with Crippen LogP contribution in [0.3, 0.4) is 0 Å². The lowest BCUT2D eigenvalue weighted by Gasteiger charge is -2.22. The summed E-state index contributed by atoms with van der Waals surface area (Å²) in [7, 11) is 25.5. The molecule has 10 aromatic carbocycles. The van der Waals surface area contributed by atoms with Gasteiger partial charge in [0.1, 0.15) is 54.1 Å². The third-order valence-electron chi connectivity index (χ3n) is 12.6. The van der Waals surface area contributed by atoms with E-state index in [-0.39, 0.29) is 27.6 Å². The first kappa shape index (κ1) is 37.1. The number of hydrogen-bond donors (Lipinski definition) is 1. The lowest BCUT2D eigenvalue weighted by atomic mass is 9.64. The SMILES string of the molecule is [B]c1c([B])c([B])c(-c2ccc3c(-c4ccc(-c5nc6ccccc6n5-c5cccc6ccccc56)cc4)c4ccccc4c(-c4cccc5oc6ccccc6c45)c3c2)c(O)c1[B]. The molecule has 8 radical (unpaired) electrons. The highest BCUT2D eigenvalue weighted by Gasteiger charge is 2.23. The third kappa shape index (κ3) is 5.57. The predicted octanol–water partition coefficient (Wildman–Crippen LogP) is 9.93. The Labute approximate surface area is 368 Å². The van der Waals surface area contributed by atoms with Crippen molar-refractivity contribution in [2.24, 2.45) is 0 Å². The minimum Gasteiger partial charge on any atom is -0.508 e. The minimum atomic E-state index is -0.214. The van der Waals surface area contributed by atoms with E-state index in [1.165, 1.54) is 0 Å². The van der Waals surface area contributed by atoms with Crippen LogP contribution in [0, 0.1) is 0 Å². The molecule has 2 heterocycles. The van der Waals surface area contributed by atoms with Crippen molar-refractivity contribution in [3.8, 4) is 56.2 Å². The highest BCUT2D eigenvalue weighted by molar-refractivity contribution is 6.64. The van der Waals surface area contributed by atoms with Crippen LogP contribution >= 0.6 is 0 Å². The first-order chi connectivity index (χ1) is 30.9. The summed E-state index contributed by atoms with van der Waals surface area (Å²) in [4.78, 5) is 5.22. The summed E-state index contributed by atoms with van der Waals surface area (Å²) in [5, 5.41) is 19.9. The molecule has 0 amide bonds. The Morgan fingerprint density at radius 1 is 0.444 bits per heavy atom. The van der Waals surface area contributed by atoms with E-state index >= 15 is 0 Å². The second-order valence-electron chi connectivity index (χ2n) is 16.0. The van der Waals surface area contributed by atoms with Crippen molar-refractivity contribution in [3.63, 3.8) is 0 Å². The van der Waals surface area contributed by atoms with E-state index in [1.54, 1.807) is 0 Å². The molecule has 0 atom stereocenters. The van der Waals surface area contributed by atoms with Gasteiger partial charge in [-0.2, -0.15) is 0 Å². The number of phenolic OH excluding ortho intramolecular Hbond substituents is 1. The maximum absolute atomic E-state index is 11.5. The Hall–Kier alpha value is -7.69. The molecule has 0 bridgehead atoms. The van der Waals surface area contributed by atoms with Gasteiger partial charge in [0, 0.05) is 27.3 Å². The average Bonchev–Trinajstić information content (AvgIpc) is 3.91. The van der Waals surface area contributed by atoms with Crippen LogP contribution in [0.2, 0.25) is 0 Å². The predicted molar refractivity (Wildman–Crippen MR) is 266 cm³/mol. The summed E-state index contributed by atoms with van der Waals surface area (Å²) in [5.41, 5.74) is 11.0. The molecule has 0 saturated carbocycles. The summed E-state index contributed by atoms with van der Waals surface area (Å²) < 4.78 is 8.69. The highest BCUT2D eigenvalue weighted by Crippen LogP contribution is 2.48. The lowest BCUT2D eigenvalue weighted by Crippen LogP contribution is -2.48. The molecular weight excluding hydrogens is 764 g/mol. The van der Waals surface area contributed by atoms with E-state index < -0.39 is 0 Å². The summed E-state index contributed by atoms with van der Waals surface area (Å²) in [6, 6.07) is 60.8. The number of imidazole rings is 1. The fourth-order valence-corrected chi connectivity index (χ4v) is 9.68. The fraction of sp³-hybridized carbons (Fsp3) is 0. The zero-order valence-electron chi connectivity index (χ0n) is 33.8. The highest BCUT2D eigenvalue weighted by atomic mass is 16.3. The van der Waals surface area contributed by atoms with Crippen molar-refractivity contribution >= 4 is 119 Å². The van der Waals surface area contributed by atoms with Gasteiger partial charge < -0.3 is 9.52 Å². The number of para-hydroxylation sites is 3. The minimum absolute atomic E-state index is 0.0140. The van der Waals surface area contributed by atoms with E-state index in [9.17, 15) is 5.11 Å². The summed E-state index contributed by atoms with van der Waals surface area (Å²) in [6.45, 7) is 0. The number of nitrogens with zero attached hydrogens (tertiary/aromatic N) is 2. The van der Waals surface area contributed by atoms with Crippen LogP contribution < -0.4 is 21.9 Å². The molecule has 0 saturated heterocycles. The Morgan fingerprint density at radius 2 is 1.05 bits per heavy atom. The van der Waals surface area contributed by atoms with Crippen LogP contribution in [-0.2, 0) is 0 Å². The van der Waals surface area contributed by atoms with Gasteiger partial charge in [-0.1, -0.05) is 150 Å². The van der Waals surface area contributed by atoms with Crippen molar-refractivity contribution in [3.05, 3.63) is 176 Å². The molecule has 0 fully saturated rings. The van der Waals surface area contributed by atoms with Crippen molar-refractivity contribution in [2.75, 3.05) is 0 Å². The van der Waals surface area contributed by atoms with Crippen LogP contribution in [-0.4, -0.2) is 46.0 Å². The molecular formula is C55H30B4N2O2. The number of rotatable bonds is 5. The fourth-order valence-electron chi connectivity index (χ4n) is 9.68. The Balaban J connectivity index is 1.13. The maximum atomic E-state index is 11.5. The van der Waals surface area contributed by atoms with E-state index in [2.05, 4.69) is 138 Å².